The Kier molecular flexibility index (Phi) is 2.46. The van der Waals surface area contributed by atoms with E-state index in [4.69, 9.17) is 11.6 Å². The van der Waals surface area contributed by atoms with Crippen LogP contribution < -0.4 is 0 Å². The van der Waals surface area contributed by atoms with Crippen molar-refractivity contribution in [1.82, 2.24) is 0 Å². The number of carbonyl (C=O) groups is 1. The van der Waals surface area contributed by atoms with Crippen molar-refractivity contribution in [2.75, 3.05) is 0 Å². The number of aliphatic hydroxyl groups is 2. The summed E-state index contributed by atoms with van der Waals surface area (Å²) < 4.78 is 0. The van der Waals surface area contributed by atoms with Crippen LogP contribution in [0, 0.1) is 10.8 Å². The summed E-state index contributed by atoms with van der Waals surface area (Å²) >= 11 is 6.64. The van der Waals surface area contributed by atoms with Crippen molar-refractivity contribution in [2.45, 2.75) is 63.0 Å². The highest BCUT2D eigenvalue weighted by molar-refractivity contribution is 6.26. The molecular weight excluding hydrogens is 264 g/mol. The molecule has 3 rings (SSSR count). The lowest BCUT2D eigenvalue weighted by Crippen LogP contribution is -2.56. The molecule has 0 heterocycles. The Bertz CT molecular complexity index is 494. The third-order valence-electron chi connectivity index (χ3n) is 6.00. The molecule has 4 atom stereocenters. The lowest BCUT2D eigenvalue weighted by atomic mass is 9.53. The SMILES string of the molecule is CC1(C)CC(=O)C=C2C(O)C3(Cl)CC21CCC3(C)O. The molecule has 0 aromatic rings. The van der Waals surface area contributed by atoms with Crippen molar-refractivity contribution >= 4 is 17.4 Å². The van der Waals surface area contributed by atoms with Gasteiger partial charge in [-0.1, -0.05) is 13.8 Å². The van der Waals surface area contributed by atoms with Crippen LogP contribution in [0.1, 0.15) is 46.5 Å². The molecule has 0 saturated heterocycles. The highest BCUT2D eigenvalue weighted by atomic mass is 35.5. The van der Waals surface area contributed by atoms with Crippen molar-refractivity contribution in [3.63, 3.8) is 0 Å². The van der Waals surface area contributed by atoms with Gasteiger partial charge in [-0.3, -0.25) is 4.79 Å². The van der Waals surface area contributed by atoms with Crippen LogP contribution in [0.25, 0.3) is 0 Å². The number of aliphatic hydroxyl groups excluding tert-OH is 1. The average Bonchev–Trinajstić information content (AvgIpc) is 2.46. The number of hydrogen-bond donors (Lipinski definition) is 2. The fraction of sp³-hybridized carbons (Fsp3) is 0.800. The highest BCUT2D eigenvalue weighted by Crippen LogP contribution is 2.70. The van der Waals surface area contributed by atoms with Gasteiger partial charge in [0.05, 0.1) is 11.7 Å². The zero-order valence-electron chi connectivity index (χ0n) is 11.7. The van der Waals surface area contributed by atoms with Crippen LogP contribution in [-0.2, 0) is 4.79 Å². The van der Waals surface area contributed by atoms with E-state index in [1.54, 1.807) is 13.0 Å². The Morgan fingerprint density at radius 1 is 1.32 bits per heavy atom. The molecule has 106 valence electrons. The van der Waals surface area contributed by atoms with Crippen LogP contribution in [0.4, 0.5) is 0 Å². The van der Waals surface area contributed by atoms with Gasteiger partial charge >= 0.3 is 0 Å². The van der Waals surface area contributed by atoms with Gasteiger partial charge in [0.15, 0.2) is 5.78 Å². The van der Waals surface area contributed by atoms with E-state index in [0.29, 0.717) is 19.3 Å². The summed E-state index contributed by atoms with van der Waals surface area (Å²) in [5.41, 5.74) is -0.815. The third kappa shape index (κ3) is 1.39. The first kappa shape index (κ1) is 13.6. The number of ketones is 1. The van der Waals surface area contributed by atoms with Gasteiger partial charge in [0, 0.05) is 11.8 Å². The fourth-order valence-corrected chi connectivity index (χ4v) is 4.98. The van der Waals surface area contributed by atoms with E-state index >= 15 is 0 Å². The predicted molar refractivity (Wildman–Crippen MR) is 73.0 cm³/mol. The zero-order chi connectivity index (χ0) is 14.3. The maximum Gasteiger partial charge on any atom is 0.156 e. The summed E-state index contributed by atoms with van der Waals surface area (Å²) in [6.45, 7) is 5.85. The molecular formula is C15H21ClO3. The van der Waals surface area contributed by atoms with Gasteiger partial charge in [0.1, 0.15) is 4.87 Å². The minimum Gasteiger partial charge on any atom is -0.388 e. The maximum absolute atomic E-state index is 11.9. The Balaban J connectivity index is 2.22. The molecule has 4 unspecified atom stereocenters. The van der Waals surface area contributed by atoms with Gasteiger partial charge in [-0.25, -0.2) is 0 Å². The molecule has 0 aromatic heterocycles. The van der Waals surface area contributed by atoms with E-state index < -0.39 is 16.6 Å². The highest BCUT2D eigenvalue weighted by Gasteiger charge is 2.71. The largest absolute Gasteiger partial charge is 0.388 e. The Morgan fingerprint density at radius 2 is 1.95 bits per heavy atom. The number of fused-ring (bicyclic) bond motifs is 1. The summed E-state index contributed by atoms with van der Waals surface area (Å²) in [4.78, 5) is 10.9. The number of alkyl halides is 1. The van der Waals surface area contributed by atoms with Crippen molar-refractivity contribution in [3.05, 3.63) is 11.6 Å². The molecule has 0 amide bonds. The predicted octanol–water partition coefficient (Wildman–Crippen LogP) is 2.19. The maximum atomic E-state index is 11.9. The van der Waals surface area contributed by atoms with Crippen LogP contribution in [0.2, 0.25) is 0 Å². The molecule has 0 aromatic carbocycles. The van der Waals surface area contributed by atoms with Crippen LogP contribution in [0.3, 0.4) is 0 Å². The zero-order valence-corrected chi connectivity index (χ0v) is 12.4. The van der Waals surface area contributed by atoms with Crippen molar-refractivity contribution in [3.8, 4) is 0 Å². The van der Waals surface area contributed by atoms with E-state index in [1.807, 2.05) is 0 Å². The van der Waals surface area contributed by atoms with E-state index in [0.717, 1.165) is 12.0 Å². The molecule has 3 aliphatic rings. The fourth-order valence-electron chi connectivity index (χ4n) is 4.54. The minimum atomic E-state index is -1.10. The summed E-state index contributed by atoms with van der Waals surface area (Å²) in [6, 6.07) is 0. The summed E-state index contributed by atoms with van der Waals surface area (Å²) in [7, 11) is 0. The van der Waals surface area contributed by atoms with Crippen molar-refractivity contribution < 1.29 is 15.0 Å². The van der Waals surface area contributed by atoms with Gasteiger partial charge in [0.25, 0.3) is 0 Å². The number of carbonyl (C=O) groups excluding carboxylic acids is 1. The molecule has 0 aliphatic heterocycles. The monoisotopic (exact) mass is 284 g/mol. The van der Waals surface area contributed by atoms with Gasteiger partial charge in [0.2, 0.25) is 0 Å². The Labute approximate surface area is 118 Å². The van der Waals surface area contributed by atoms with Gasteiger partial charge in [-0.15, -0.1) is 11.6 Å². The van der Waals surface area contributed by atoms with Gasteiger partial charge < -0.3 is 10.2 Å². The normalized spacial score (nSPS) is 51.8. The molecule has 2 saturated carbocycles. The smallest absolute Gasteiger partial charge is 0.156 e. The van der Waals surface area contributed by atoms with Gasteiger partial charge in [-0.05, 0) is 43.3 Å². The number of hydrogen-bond acceptors (Lipinski definition) is 3. The first-order valence-corrected chi connectivity index (χ1v) is 7.28. The van der Waals surface area contributed by atoms with E-state index in [1.165, 1.54) is 0 Å². The van der Waals surface area contributed by atoms with Gasteiger partial charge in [-0.2, -0.15) is 0 Å². The topological polar surface area (TPSA) is 57.5 Å². The Morgan fingerprint density at radius 3 is 2.58 bits per heavy atom. The second-order valence-electron chi connectivity index (χ2n) is 7.42. The minimum absolute atomic E-state index is 0.0529. The third-order valence-corrected chi connectivity index (χ3v) is 6.75. The van der Waals surface area contributed by atoms with Crippen molar-refractivity contribution in [1.29, 1.82) is 0 Å². The summed E-state index contributed by atoms with van der Waals surface area (Å²) in [6.07, 6.45) is 3.01. The molecule has 19 heavy (non-hydrogen) atoms. The first-order chi connectivity index (χ1) is 8.56. The molecule has 4 heteroatoms. The van der Waals surface area contributed by atoms with Crippen LogP contribution >= 0.6 is 11.6 Å². The second-order valence-corrected chi connectivity index (χ2v) is 8.10. The molecule has 2 fully saturated rings. The molecule has 2 bridgehead atoms. The number of allylic oxidation sites excluding steroid dienone is 1. The average molecular weight is 285 g/mol. The number of halogens is 1. The molecule has 3 nitrogen and oxygen atoms in total. The standard InChI is InChI=1S/C15H21ClO3/c1-12(2)7-9(17)6-10-11(18)15(16)8-14(10,12)5-4-13(15,3)19/h6,11,18-19H,4-5,7-8H2,1-3H3. The molecule has 3 aliphatic carbocycles. The lowest BCUT2D eigenvalue weighted by Gasteiger charge is -2.52. The van der Waals surface area contributed by atoms with E-state index in [-0.39, 0.29) is 16.6 Å². The van der Waals surface area contributed by atoms with Crippen LogP contribution in [-0.4, -0.2) is 32.6 Å². The lowest BCUT2D eigenvalue weighted by molar-refractivity contribution is -0.121. The second kappa shape index (κ2) is 3.44. The number of rotatable bonds is 0. The van der Waals surface area contributed by atoms with E-state index in [9.17, 15) is 15.0 Å². The van der Waals surface area contributed by atoms with Crippen LogP contribution in [0.5, 0.6) is 0 Å². The van der Waals surface area contributed by atoms with Crippen LogP contribution in [0.15, 0.2) is 11.6 Å². The summed E-state index contributed by atoms with van der Waals surface area (Å²) in [5.74, 6) is 0.0529. The summed E-state index contributed by atoms with van der Waals surface area (Å²) in [5, 5.41) is 21.2. The molecule has 0 radical (unpaired) electrons. The van der Waals surface area contributed by atoms with E-state index in [2.05, 4.69) is 13.8 Å². The quantitative estimate of drug-likeness (QED) is 0.671. The Hall–Kier alpha value is -0.380. The first-order valence-electron chi connectivity index (χ1n) is 6.90. The molecule has 1 spiro atoms. The van der Waals surface area contributed by atoms with Crippen molar-refractivity contribution in [2.24, 2.45) is 10.8 Å². The molecule has 2 N–H and O–H groups in total.